The summed E-state index contributed by atoms with van der Waals surface area (Å²) in [4.78, 5) is 20.3. The first-order valence-electron chi connectivity index (χ1n) is 11.5. The fourth-order valence-electron chi connectivity index (χ4n) is 4.57. The number of morpholine rings is 1. The highest BCUT2D eigenvalue weighted by molar-refractivity contribution is 14.2. The van der Waals surface area contributed by atoms with E-state index in [9.17, 15) is 4.79 Å². The van der Waals surface area contributed by atoms with Crippen LogP contribution in [-0.4, -0.2) is 39.8 Å². The van der Waals surface area contributed by atoms with E-state index >= 15 is 0 Å². The summed E-state index contributed by atoms with van der Waals surface area (Å²) in [5.74, 6) is 0. The first kappa shape index (κ1) is 23.4. The van der Waals surface area contributed by atoms with Crippen molar-refractivity contribution in [3.8, 4) is 11.1 Å². The highest BCUT2D eigenvalue weighted by Crippen LogP contribution is 2.35. The van der Waals surface area contributed by atoms with Gasteiger partial charge in [0.2, 0.25) is 0 Å². The molecule has 3 aromatic heterocycles. The smallest absolute Gasteiger partial charge is 0.251 e. The van der Waals surface area contributed by atoms with Crippen LogP contribution in [0.25, 0.3) is 22.2 Å². The van der Waals surface area contributed by atoms with Crippen LogP contribution in [-0.2, 0) is 4.74 Å². The van der Waals surface area contributed by atoms with Gasteiger partial charge in [-0.05, 0) is 43.5 Å². The normalized spacial score (nSPS) is 17.4. The van der Waals surface area contributed by atoms with Crippen LogP contribution in [0.1, 0.15) is 26.3 Å². The van der Waals surface area contributed by atoms with Crippen molar-refractivity contribution in [1.82, 2.24) is 13.5 Å². The SMILES string of the molecule is CC1=CCC=CC(C(C)n2ccc(-c3cn(SI)c4ncc(N5CCOCC5)cc34)cc2=O)=C1. The Morgan fingerprint density at radius 1 is 1.24 bits per heavy atom. The van der Waals surface area contributed by atoms with Crippen molar-refractivity contribution in [3.63, 3.8) is 0 Å². The summed E-state index contributed by atoms with van der Waals surface area (Å²) in [5, 5.41) is 1.05. The molecule has 1 aliphatic carbocycles. The van der Waals surface area contributed by atoms with E-state index in [1.165, 1.54) is 5.57 Å². The van der Waals surface area contributed by atoms with E-state index < -0.39 is 0 Å². The molecule has 0 bridgehead atoms. The predicted molar refractivity (Wildman–Crippen MR) is 150 cm³/mol. The van der Waals surface area contributed by atoms with Crippen molar-refractivity contribution in [2.24, 2.45) is 0 Å². The van der Waals surface area contributed by atoms with Crippen LogP contribution in [0.4, 0.5) is 5.69 Å². The summed E-state index contributed by atoms with van der Waals surface area (Å²) in [7, 11) is 1.58. The number of aromatic nitrogens is 3. The molecule has 8 heteroatoms. The molecule has 0 spiro atoms. The monoisotopic (exact) mass is 586 g/mol. The van der Waals surface area contributed by atoms with Crippen LogP contribution in [0.5, 0.6) is 0 Å². The lowest BCUT2D eigenvalue weighted by molar-refractivity contribution is 0.122. The van der Waals surface area contributed by atoms with Crippen LogP contribution in [0, 0.1) is 0 Å². The second-order valence-corrected chi connectivity index (χ2v) is 10.4. The number of pyridine rings is 2. The van der Waals surface area contributed by atoms with Gasteiger partial charge in [0.05, 0.1) is 31.1 Å². The Bertz CT molecular complexity index is 1360. The average Bonchev–Trinajstić information content (AvgIpc) is 3.09. The number of rotatable bonds is 5. The largest absolute Gasteiger partial charge is 0.378 e. The molecule has 34 heavy (non-hydrogen) atoms. The number of anilines is 1. The molecule has 0 amide bonds. The van der Waals surface area contributed by atoms with Crippen LogP contribution >= 0.6 is 30.3 Å². The molecule has 1 saturated heterocycles. The van der Waals surface area contributed by atoms with Gasteiger partial charge in [0, 0.05) is 72.8 Å². The van der Waals surface area contributed by atoms with E-state index in [0.717, 1.165) is 66.1 Å². The highest BCUT2D eigenvalue weighted by Gasteiger charge is 2.18. The molecule has 2 aliphatic rings. The van der Waals surface area contributed by atoms with Crippen LogP contribution < -0.4 is 10.5 Å². The van der Waals surface area contributed by atoms with Crippen molar-refractivity contribution in [2.45, 2.75) is 26.3 Å². The van der Waals surface area contributed by atoms with Crippen molar-refractivity contribution in [1.29, 1.82) is 0 Å². The lowest BCUT2D eigenvalue weighted by Gasteiger charge is -2.28. The highest BCUT2D eigenvalue weighted by atomic mass is 127. The summed E-state index contributed by atoms with van der Waals surface area (Å²) in [6, 6.07) is 5.94. The lowest BCUT2D eigenvalue weighted by atomic mass is 10.0. The molecule has 1 unspecified atom stereocenters. The van der Waals surface area contributed by atoms with Crippen molar-refractivity contribution < 1.29 is 4.74 Å². The third-order valence-corrected chi connectivity index (χ3v) is 8.19. The van der Waals surface area contributed by atoms with Gasteiger partial charge in [-0.15, -0.1) is 0 Å². The molecule has 0 radical (unpaired) electrons. The van der Waals surface area contributed by atoms with Gasteiger partial charge < -0.3 is 14.2 Å². The Balaban J connectivity index is 1.54. The third kappa shape index (κ3) is 4.63. The van der Waals surface area contributed by atoms with Crippen molar-refractivity contribution >= 4 is 47.0 Å². The van der Waals surface area contributed by atoms with Gasteiger partial charge in [-0.2, -0.15) is 0 Å². The molecule has 1 atom stereocenters. The summed E-state index contributed by atoms with van der Waals surface area (Å²) in [5.41, 5.74) is 6.27. The van der Waals surface area contributed by atoms with E-state index in [-0.39, 0.29) is 11.6 Å². The fraction of sp³-hybridized carbons (Fsp3) is 0.308. The van der Waals surface area contributed by atoms with Gasteiger partial charge in [0.1, 0.15) is 0 Å². The Labute approximate surface area is 215 Å². The molecule has 1 aliphatic heterocycles. The molecule has 6 nitrogen and oxygen atoms in total. The van der Waals surface area contributed by atoms with Gasteiger partial charge in [-0.1, -0.05) is 29.9 Å². The minimum absolute atomic E-state index is 0.00880. The van der Waals surface area contributed by atoms with Gasteiger partial charge in [0.25, 0.3) is 5.56 Å². The van der Waals surface area contributed by atoms with E-state index in [1.807, 2.05) is 23.0 Å². The molecular weight excluding hydrogens is 559 g/mol. The Hall–Kier alpha value is -2.30. The maximum absolute atomic E-state index is 13.2. The molecule has 5 rings (SSSR count). The minimum atomic E-state index is -0.0416. The van der Waals surface area contributed by atoms with Gasteiger partial charge in [0.15, 0.2) is 5.65 Å². The quantitative estimate of drug-likeness (QED) is 0.347. The maximum atomic E-state index is 13.2. The van der Waals surface area contributed by atoms with Crippen molar-refractivity contribution in [2.75, 3.05) is 31.2 Å². The lowest BCUT2D eigenvalue weighted by Crippen LogP contribution is -2.36. The van der Waals surface area contributed by atoms with E-state index in [1.54, 1.807) is 15.2 Å². The zero-order chi connectivity index (χ0) is 23.7. The number of hydrogen-bond donors (Lipinski definition) is 0. The van der Waals surface area contributed by atoms with Gasteiger partial charge in [-0.25, -0.2) is 4.98 Å². The van der Waals surface area contributed by atoms with Crippen LogP contribution in [0.15, 0.2) is 77.0 Å². The summed E-state index contributed by atoms with van der Waals surface area (Å²) < 4.78 is 9.37. The average molecular weight is 586 g/mol. The Morgan fingerprint density at radius 2 is 2.06 bits per heavy atom. The van der Waals surface area contributed by atoms with E-state index in [2.05, 4.69) is 80.5 Å². The second kappa shape index (κ2) is 10.1. The zero-order valence-electron chi connectivity index (χ0n) is 19.3. The Kier molecular flexibility index (Phi) is 6.99. The van der Waals surface area contributed by atoms with E-state index in [0.29, 0.717) is 0 Å². The standard InChI is InChI=1S/C26H27IN4O2S/c1-18-5-3-4-6-20(13-18)19(2)30-8-7-21(14-25(30)32)24-17-31(34-27)26-23(24)15-22(16-28-26)29-9-11-33-12-10-29/h4-8,13-17,19H,3,9-12H2,1-2H3. The van der Waals surface area contributed by atoms with Crippen molar-refractivity contribution in [3.05, 3.63) is 82.6 Å². The number of fused-ring (bicyclic) bond motifs is 1. The number of ether oxygens (including phenoxy) is 1. The third-order valence-electron chi connectivity index (χ3n) is 6.49. The number of halogens is 1. The second-order valence-electron chi connectivity index (χ2n) is 8.67. The fourth-order valence-corrected chi connectivity index (χ4v) is 5.83. The number of allylic oxidation sites excluding steroid dienone is 6. The molecule has 176 valence electrons. The summed E-state index contributed by atoms with van der Waals surface area (Å²) >= 11 is 2.27. The maximum Gasteiger partial charge on any atom is 0.251 e. The first-order chi connectivity index (χ1) is 16.5. The molecular formula is C26H27IN4O2S. The molecule has 0 aromatic carbocycles. The minimum Gasteiger partial charge on any atom is -0.378 e. The predicted octanol–water partition coefficient (Wildman–Crippen LogP) is 5.94. The zero-order valence-corrected chi connectivity index (χ0v) is 22.3. The van der Waals surface area contributed by atoms with E-state index in [4.69, 9.17) is 9.72 Å². The Morgan fingerprint density at radius 3 is 2.82 bits per heavy atom. The number of nitrogens with zero attached hydrogens (tertiary/aromatic N) is 4. The topological polar surface area (TPSA) is 52.3 Å². The first-order valence-corrected chi connectivity index (χ1v) is 14.8. The number of hydrogen-bond acceptors (Lipinski definition) is 5. The molecule has 3 aromatic rings. The van der Waals surface area contributed by atoms with Gasteiger partial charge >= 0.3 is 0 Å². The van der Waals surface area contributed by atoms with Crippen LogP contribution in [0.3, 0.4) is 0 Å². The molecule has 1 fully saturated rings. The molecule has 0 N–H and O–H groups in total. The molecule has 0 saturated carbocycles. The van der Waals surface area contributed by atoms with Crippen LogP contribution in [0.2, 0.25) is 0 Å². The van der Waals surface area contributed by atoms with Gasteiger partial charge in [-0.3, -0.25) is 8.77 Å². The summed E-state index contributed by atoms with van der Waals surface area (Å²) in [6.07, 6.45) is 15.5. The summed E-state index contributed by atoms with van der Waals surface area (Å²) in [6.45, 7) is 7.35. The molecule has 4 heterocycles.